The number of anilines is 1. The summed E-state index contributed by atoms with van der Waals surface area (Å²) in [5.41, 5.74) is 3.18. The van der Waals surface area contributed by atoms with Gasteiger partial charge in [0, 0.05) is 11.8 Å². The Morgan fingerprint density at radius 2 is 1.92 bits per heavy atom. The monoisotopic (exact) mass is 356 g/mol. The van der Waals surface area contributed by atoms with E-state index in [-0.39, 0.29) is 17.3 Å². The number of rotatable bonds is 6. The van der Waals surface area contributed by atoms with Crippen LogP contribution in [0.4, 0.5) is 11.4 Å². The lowest BCUT2D eigenvalue weighted by atomic mass is 10.1. The van der Waals surface area contributed by atoms with E-state index in [0.29, 0.717) is 5.75 Å². The van der Waals surface area contributed by atoms with E-state index >= 15 is 0 Å². The third-order valence-corrected chi connectivity index (χ3v) is 4.40. The van der Waals surface area contributed by atoms with Gasteiger partial charge in [-0.3, -0.25) is 14.9 Å². The van der Waals surface area contributed by atoms with Crippen LogP contribution >= 0.6 is 0 Å². The summed E-state index contributed by atoms with van der Waals surface area (Å²) >= 11 is 0. The average molecular weight is 356 g/mol. The van der Waals surface area contributed by atoms with Gasteiger partial charge in [0.05, 0.1) is 18.1 Å². The van der Waals surface area contributed by atoms with Gasteiger partial charge in [-0.15, -0.1) is 0 Å². The highest BCUT2D eigenvalue weighted by Gasteiger charge is 2.20. The highest BCUT2D eigenvalue weighted by Crippen LogP contribution is 2.32. The van der Waals surface area contributed by atoms with Crippen LogP contribution in [-0.2, 0) is 17.6 Å². The topological polar surface area (TPSA) is 90.7 Å². The molecule has 0 aliphatic heterocycles. The van der Waals surface area contributed by atoms with Gasteiger partial charge < -0.3 is 14.8 Å². The number of carbonyl (C=O) groups is 1. The molecule has 0 unspecified atom stereocenters. The van der Waals surface area contributed by atoms with Gasteiger partial charge in [0.25, 0.3) is 11.6 Å². The van der Waals surface area contributed by atoms with Crippen LogP contribution in [0.5, 0.6) is 11.5 Å². The standard InChI is InChI=1S/C19H20N2O5/c1-12(26-18-11-16(21(23)24)8-9-17(18)25-2)19(22)20-15-7-6-13-4-3-5-14(13)10-15/h6-12H,3-5H2,1-2H3,(H,20,22)/t12-/m1/s1. The van der Waals surface area contributed by atoms with Crippen molar-refractivity contribution >= 4 is 17.3 Å². The van der Waals surface area contributed by atoms with Crippen molar-refractivity contribution in [2.75, 3.05) is 12.4 Å². The van der Waals surface area contributed by atoms with Crippen molar-refractivity contribution in [1.29, 1.82) is 0 Å². The number of nitro benzene ring substituents is 1. The fraction of sp³-hybridized carbons (Fsp3) is 0.316. The van der Waals surface area contributed by atoms with Crippen LogP contribution in [0.25, 0.3) is 0 Å². The van der Waals surface area contributed by atoms with E-state index < -0.39 is 11.0 Å². The van der Waals surface area contributed by atoms with Crippen LogP contribution in [0.2, 0.25) is 0 Å². The normalized spacial score (nSPS) is 13.6. The Morgan fingerprint density at radius 1 is 1.15 bits per heavy atom. The zero-order valence-corrected chi connectivity index (χ0v) is 14.7. The van der Waals surface area contributed by atoms with E-state index in [2.05, 4.69) is 5.32 Å². The first-order chi connectivity index (χ1) is 12.5. The second-order valence-corrected chi connectivity index (χ2v) is 6.18. The van der Waals surface area contributed by atoms with Crippen LogP contribution in [0.15, 0.2) is 36.4 Å². The first kappa shape index (κ1) is 17.7. The minimum absolute atomic E-state index is 0.132. The molecule has 1 aliphatic rings. The quantitative estimate of drug-likeness (QED) is 0.632. The maximum Gasteiger partial charge on any atom is 0.273 e. The number of hydrogen-bond donors (Lipinski definition) is 1. The number of non-ortho nitro benzene ring substituents is 1. The minimum atomic E-state index is -0.848. The summed E-state index contributed by atoms with van der Waals surface area (Å²) in [6.07, 6.45) is 2.39. The van der Waals surface area contributed by atoms with Crippen molar-refractivity contribution in [3.8, 4) is 11.5 Å². The Kier molecular flexibility index (Phi) is 5.06. The lowest BCUT2D eigenvalue weighted by Gasteiger charge is -2.17. The summed E-state index contributed by atoms with van der Waals surface area (Å²) < 4.78 is 10.8. The number of amides is 1. The number of hydrogen-bond acceptors (Lipinski definition) is 5. The Morgan fingerprint density at radius 3 is 2.65 bits per heavy atom. The molecule has 0 fully saturated rings. The van der Waals surface area contributed by atoms with Crippen molar-refractivity contribution < 1.29 is 19.2 Å². The molecule has 0 heterocycles. The maximum absolute atomic E-state index is 12.4. The number of aryl methyl sites for hydroxylation is 2. The highest BCUT2D eigenvalue weighted by molar-refractivity contribution is 5.94. The van der Waals surface area contributed by atoms with E-state index in [9.17, 15) is 14.9 Å². The zero-order valence-electron chi connectivity index (χ0n) is 14.7. The zero-order chi connectivity index (χ0) is 18.7. The van der Waals surface area contributed by atoms with Gasteiger partial charge in [-0.2, -0.15) is 0 Å². The highest BCUT2D eigenvalue weighted by atomic mass is 16.6. The molecular formula is C19H20N2O5. The number of nitro groups is 1. The number of benzene rings is 2. The van der Waals surface area contributed by atoms with Gasteiger partial charge >= 0.3 is 0 Å². The van der Waals surface area contributed by atoms with Crippen molar-refractivity contribution in [3.05, 3.63) is 57.6 Å². The molecule has 0 aromatic heterocycles. The Labute approximate surface area is 151 Å². The fourth-order valence-corrected chi connectivity index (χ4v) is 3.01. The molecule has 0 saturated carbocycles. The van der Waals surface area contributed by atoms with Crippen LogP contribution in [0.1, 0.15) is 24.5 Å². The smallest absolute Gasteiger partial charge is 0.273 e. The molecule has 7 nitrogen and oxygen atoms in total. The molecule has 1 N–H and O–H groups in total. The van der Waals surface area contributed by atoms with Gasteiger partial charge in [0.1, 0.15) is 0 Å². The molecule has 1 aliphatic carbocycles. The van der Waals surface area contributed by atoms with Crippen molar-refractivity contribution in [3.63, 3.8) is 0 Å². The number of nitrogens with zero attached hydrogens (tertiary/aromatic N) is 1. The third-order valence-electron chi connectivity index (χ3n) is 4.40. The van der Waals surface area contributed by atoms with Gasteiger partial charge in [0.15, 0.2) is 17.6 Å². The fourth-order valence-electron chi connectivity index (χ4n) is 3.01. The largest absolute Gasteiger partial charge is 0.493 e. The van der Waals surface area contributed by atoms with Gasteiger partial charge in [-0.25, -0.2) is 0 Å². The number of carbonyl (C=O) groups excluding carboxylic acids is 1. The molecule has 3 rings (SSSR count). The molecule has 136 valence electrons. The number of ether oxygens (including phenoxy) is 2. The number of nitrogens with one attached hydrogen (secondary N) is 1. The van der Waals surface area contributed by atoms with E-state index in [1.165, 1.54) is 36.4 Å². The van der Waals surface area contributed by atoms with Crippen molar-refractivity contribution in [1.82, 2.24) is 0 Å². The van der Waals surface area contributed by atoms with Crippen molar-refractivity contribution in [2.24, 2.45) is 0 Å². The van der Waals surface area contributed by atoms with Gasteiger partial charge in [-0.1, -0.05) is 6.07 Å². The average Bonchev–Trinajstić information content (AvgIpc) is 3.09. The minimum Gasteiger partial charge on any atom is -0.493 e. The molecule has 0 spiro atoms. The Balaban J connectivity index is 1.71. The summed E-state index contributed by atoms with van der Waals surface area (Å²) in [7, 11) is 1.43. The van der Waals surface area contributed by atoms with Gasteiger partial charge in [-0.05, 0) is 55.5 Å². The number of fused-ring (bicyclic) bond motifs is 1. The molecular weight excluding hydrogens is 336 g/mol. The van der Waals surface area contributed by atoms with E-state index in [4.69, 9.17) is 9.47 Å². The lowest BCUT2D eigenvalue weighted by molar-refractivity contribution is -0.385. The van der Waals surface area contributed by atoms with Crippen LogP contribution in [0.3, 0.4) is 0 Å². The summed E-state index contributed by atoms with van der Waals surface area (Å²) in [6.45, 7) is 1.58. The predicted octanol–water partition coefficient (Wildman–Crippen LogP) is 3.50. The molecule has 0 bridgehead atoms. The Hall–Kier alpha value is -3.09. The molecule has 1 atom stereocenters. The molecule has 7 heteroatoms. The lowest BCUT2D eigenvalue weighted by Crippen LogP contribution is -2.30. The van der Waals surface area contributed by atoms with Crippen LogP contribution in [-0.4, -0.2) is 24.0 Å². The predicted molar refractivity (Wildman–Crippen MR) is 96.8 cm³/mol. The Bertz CT molecular complexity index is 850. The molecule has 2 aromatic rings. The first-order valence-corrected chi connectivity index (χ1v) is 8.39. The SMILES string of the molecule is COc1ccc([N+](=O)[O-])cc1O[C@H](C)C(=O)Nc1ccc2c(c1)CCC2. The molecule has 2 aromatic carbocycles. The first-order valence-electron chi connectivity index (χ1n) is 8.39. The number of methoxy groups -OCH3 is 1. The molecule has 0 saturated heterocycles. The second kappa shape index (κ2) is 7.43. The summed E-state index contributed by atoms with van der Waals surface area (Å²) in [4.78, 5) is 22.8. The van der Waals surface area contributed by atoms with Crippen molar-refractivity contribution in [2.45, 2.75) is 32.3 Å². The second-order valence-electron chi connectivity index (χ2n) is 6.18. The molecule has 1 amide bonds. The van der Waals surface area contributed by atoms with Gasteiger partial charge in [0.2, 0.25) is 0 Å². The summed E-state index contributed by atoms with van der Waals surface area (Å²) in [5, 5.41) is 13.8. The molecule has 26 heavy (non-hydrogen) atoms. The van der Waals surface area contributed by atoms with Crippen LogP contribution in [0, 0.1) is 10.1 Å². The maximum atomic E-state index is 12.4. The third kappa shape index (κ3) is 3.77. The molecule has 0 radical (unpaired) electrons. The van der Waals surface area contributed by atoms with E-state index in [1.807, 2.05) is 18.2 Å². The summed E-state index contributed by atoms with van der Waals surface area (Å²) in [5.74, 6) is 0.141. The van der Waals surface area contributed by atoms with Crippen LogP contribution < -0.4 is 14.8 Å². The summed E-state index contributed by atoms with van der Waals surface area (Å²) in [6, 6.07) is 9.91. The van der Waals surface area contributed by atoms with E-state index in [0.717, 1.165) is 24.9 Å². The van der Waals surface area contributed by atoms with E-state index in [1.54, 1.807) is 6.92 Å².